The van der Waals surface area contributed by atoms with Gasteiger partial charge in [0.2, 0.25) is 0 Å². The van der Waals surface area contributed by atoms with Gasteiger partial charge in [0.15, 0.2) is 17.7 Å². The summed E-state index contributed by atoms with van der Waals surface area (Å²) in [6.45, 7) is 1.98. The summed E-state index contributed by atoms with van der Waals surface area (Å²) in [4.78, 5) is 13.0. The van der Waals surface area contributed by atoms with Crippen LogP contribution < -0.4 is 9.30 Å². The number of hydrogen-bond donors (Lipinski definition) is 0. The van der Waals surface area contributed by atoms with E-state index >= 15 is 0 Å². The number of carbonyl (C=O) groups excluding carboxylic acids is 1. The standard InChI is InChI=1S/C19H18NO2.F6P/c1-13-18(17-7-5-4-6-15(17)12-20(13)2)19(21)14-8-10-16(22-3)11-9-14;1-7(2,3,4,5)6/h4-12H,1-3H3;/q+1;-1. The molecule has 0 fully saturated rings. The van der Waals surface area contributed by atoms with E-state index in [1.54, 1.807) is 7.11 Å². The van der Waals surface area contributed by atoms with Gasteiger partial charge in [-0.05, 0) is 30.3 Å². The zero-order chi connectivity index (χ0) is 22.1. The molecule has 0 unspecified atom stereocenters. The summed E-state index contributed by atoms with van der Waals surface area (Å²) in [7, 11) is -7.08. The number of benzene rings is 2. The number of ether oxygens (including phenoxy) is 1. The molecule has 0 aliphatic rings. The third-order valence-corrected chi connectivity index (χ3v) is 4.03. The number of carbonyl (C=O) groups is 1. The van der Waals surface area contributed by atoms with E-state index in [1.807, 2.05) is 67.1 Å². The first kappa shape index (κ1) is 22.6. The molecule has 0 radical (unpaired) electrons. The summed E-state index contributed by atoms with van der Waals surface area (Å²) < 4.78 is 66.3. The molecule has 2 aromatic carbocycles. The van der Waals surface area contributed by atoms with Gasteiger partial charge < -0.3 is 4.74 Å². The van der Waals surface area contributed by atoms with E-state index in [2.05, 4.69) is 6.20 Å². The number of nitrogens with zero attached hydrogens (tertiary/aromatic N) is 1. The summed E-state index contributed by atoms with van der Waals surface area (Å²) >= 11 is 0. The first-order valence-electron chi connectivity index (χ1n) is 8.20. The van der Waals surface area contributed by atoms with Gasteiger partial charge in [-0.2, -0.15) is 0 Å². The second kappa shape index (κ2) is 6.99. The van der Waals surface area contributed by atoms with Gasteiger partial charge in [0.05, 0.1) is 12.7 Å². The summed E-state index contributed by atoms with van der Waals surface area (Å²) in [5.74, 6) is 0.782. The van der Waals surface area contributed by atoms with E-state index in [1.165, 1.54) is 0 Å². The van der Waals surface area contributed by atoms with Crippen molar-refractivity contribution in [3.8, 4) is 5.75 Å². The molecule has 3 aromatic rings. The Labute approximate surface area is 162 Å². The van der Waals surface area contributed by atoms with E-state index in [0.29, 0.717) is 5.56 Å². The van der Waals surface area contributed by atoms with Crippen molar-refractivity contribution >= 4 is 24.4 Å². The van der Waals surface area contributed by atoms with Crippen molar-refractivity contribution < 1.29 is 39.3 Å². The molecule has 0 bridgehead atoms. The maximum atomic E-state index is 13.0. The quantitative estimate of drug-likeness (QED) is 0.200. The van der Waals surface area contributed by atoms with Crippen LogP contribution in [0.25, 0.3) is 10.8 Å². The Morgan fingerprint density at radius 1 is 0.931 bits per heavy atom. The van der Waals surface area contributed by atoms with Crippen LogP contribution in [0.1, 0.15) is 21.6 Å². The minimum atomic E-state index is -10.7. The zero-order valence-electron chi connectivity index (χ0n) is 15.7. The Morgan fingerprint density at radius 2 is 1.45 bits per heavy atom. The third-order valence-electron chi connectivity index (χ3n) is 4.03. The predicted molar refractivity (Wildman–Crippen MR) is 99.9 cm³/mol. The molecule has 3 nitrogen and oxygen atoms in total. The van der Waals surface area contributed by atoms with Crippen LogP contribution in [0.4, 0.5) is 25.2 Å². The number of rotatable bonds is 3. The molecule has 0 amide bonds. The molecule has 3 rings (SSSR count). The fourth-order valence-corrected chi connectivity index (χ4v) is 2.69. The number of halogens is 6. The SMILES string of the molecule is COc1ccc(C(=O)c2c(C)[n+](C)cc3ccccc23)cc1.F[P-](F)(F)(F)(F)F. The van der Waals surface area contributed by atoms with Gasteiger partial charge in [0, 0.05) is 23.3 Å². The van der Waals surface area contributed by atoms with Crippen molar-refractivity contribution in [2.45, 2.75) is 6.92 Å². The van der Waals surface area contributed by atoms with Crippen molar-refractivity contribution in [2.24, 2.45) is 7.05 Å². The van der Waals surface area contributed by atoms with Crippen molar-refractivity contribution in [3.63, 3.8) is 0 Å². The number of ketones is 1. The van der Waals surface area contributed by atoms with Gasteiger partial charge in [-0.3, -0.25) is 4.79 Å². The van der Waals surface area contributed by atoms with Crippen molar-refractivity contribution in [2.75, 3.05) is 7.11 Å². The summed E-state index contributed by atoms with van der Waals surface area (Å²) in [5.41, 5.74) is 2.38. The fraction of sp³-hybridized carbons (Fsp3) is 0.158. The molecular weight excluding hydrogens is 419 g/mol. The van der Waals surface area contributed by atoms with Crippen LogP contribution in [-0.4, -0.2) is 12.9 Å². The van der Waals surface area contributed by atoms with E-state index in [9.17, 15) is 30.0 Å². The van der Waals surface area contributed by atoms with Crippen LogP contribution in [0.2, 0.25) is 0 Å². The van der Waals surface area contributed by atoms with Crippen LogP contribution in [0.3, 0.4) is 0 Å². The summed E-state index contributed by atoms with van der Waals surface area (Å²) in [6.07, 6.45) is 2.05. The Morgan fingerprint density at radius 3 is 1.97 bits per heavy atom. The summed E-state index contributed by atoms with van der Waals surface area (Å²) in [5, 5.41) is 2.05. The molecule has 0 saturated carbocycles. The molecule has 1 heterocycles. The number of pyridine rings is 1. The third kappa shape index (κ3) is 7.02. The Kier molecular flexibility index (Phi) is 5.45. The van der Waals surface area contributed by atoms with Gasteiger partial charge in [-0.1, -0.05) is 18.2 Å². The van der Waals surface area contributed by atoms with Crippen LogP contribution >= 0.6 is 7.81 Å². The van der Waals surface area contributed by atoms with Crippen molar-refractivity contribution in [1.29, 1.82) is 0 Å². The monoisotopic (exact) mass is 437 g/mol. The average Bonchev–Trinajstić information content (AvgIpc) is 2.60. The average molecular weight is 437 g/mol. The number of fused-ring (bicyclic) bond motifs is 1. The number of aryl methyl sites for hydroxylation is 1. The van der Waals surface area contributed by atoms with E-state index in [0.717, 1.165) is 27.8 Å². The Balaban J connectivity index is 0.000000370. The predicted octanol–water partition coefficient (Wildman–Crippen LogP) is 6.59. The molecule has 10 heteroatoms. The Bertz CT molecular complexity index is 1050. The molecule has 0 aliphatic heterocycles. The van der Waals surface area contributed by atoms with Crippen molar-refractivity contribution in [3.05, 3.63) is 71.5 Å². The van der Waals surface area contributed by atoms with Crippen LogP contribution in [0.15, 0.2) is 54.7 Å². The topological polar surface area (TPSA) is 30.2 Å². The van der Waals surface area contributed by atoms with Gasteiger partial charge >= 0.3 is 33.0 Å². The molecule has 1 aromatic heterocycles. The van der Waals surface area contributed by atoms with Crippen LogP contribution in [0.5, 0.6) is 5.75 Å². The van der Waals surface area contributed by atoms with Crippen LogP contribution in [0, 0.1) is 6.92 Å². The van der Waals surface area contributed by atoms with Crippen molar-refractivity contribution in [1.82, 2.24) is 0 Å². The first-order valence-corrected chi connectivity index (χ1v) is 10.2. The molecule has 158 valence electrons. The van der Waals surface area contributed by atoms with Gasteiger partial charge in [-0.25, -0.2) is 4.57 Å². The Hall–Kier alpha value is -2.67. The van der Waals surface area contributed by atoms with E-state index in [4.69, 9.17) is 4.74 Å². The maximum absolute atomic E-state index is 13.0. The minimum absolute atomic E-state index is 0.0348. The first-order chi connectivity index (χ1) is 13.1. The second-order valence-electron chi connectivity index (χ2n) is 6.30. The van der Waals surface area contributed by atoms with E-state index < -0.39 is 7.81 Å². The molecule has 0 saturated heterocycles. The van der Waals surface area contributed by atoms with Crippen LogP contribution in [-0.2, 0) is 7.05 Å². The number of hydrogen-bond acceptors (Lipinski definition) is 2. The number of aromatic nitrogens is 1. The zero-order valence-corrected chi connectivity index (χ0v) is 16.6. The molecule has 0 atom stereocenters. The summed E-state index contributed by atoms with van der Waals surface area (Å²) in [6, 6.07) is 15.2. The molecule has 29 heavy (non-hydrogen) atoms. The molecule has 0 aliphatic carbocycles. The van der Waals surface area contributed by atoms with Gasteiger partial charge in [0.1, 0.15) is 12.8 Å². The van der Waals surface area contributed by atoms with Gasteiger partial charge in [0.25, 0.3) is 0 Å². The fourth-order valence-electron chi connectivity index (χ4n) is 2.69. The normalized spacial score (nSPS) is 13.7. The van der Waals surface area contributed by atoms with E-state index in [-0.39, 0.29) is 5.78 Å². The number of methoxy groups -OCH3 is 1. The molecular formula is C19H18F6NO2P. The molecule has 0 spiro atoms. The molecule has 0 N–H and O–H groups in total. The second-order valence-corrected chi connectivity index (χ2v) is 8.22. The van der Waals surface area contributed by atoms with Gasteiger partial charge in [-0.15, -0.1) is 0 Å².